The number of ether oxygens (including phenoxy) is 1. The van der Waals surface area contributed by atoms with Crippen molar-refractivity contribution in [2.24, 2.45) is 0 Å². The van der Waals surface area contributed by atoms with Crippen molar-refractivity contribution in [2.45, 2.75) is 38.8 Å². The molecule has 1 amide bonds. The zero-order valence-electron chi connectivity index (χ0n) is 22.1. The van der Waals surface area contributed by atoms with E-state index in [0.29, 0.717) is 18.0 Å². The second-order valence-electron chi connectivity index (χ2n) is 9.45. The third kappa shape index (κ3) is 7.23. The molecule has 6 nitrogen and oxygen atoms in total. The average molecular weight is 547 g/mol. The fourth-order valence-corrected chi connectivity index (χ4v) is 5.44. The lowest BCUT2D eigenvalue weighted by Gasteiger charge is -2.26. The van der Waals surface area contributed by atoms with Crippen LogP contribution in [-0.2, 0) is 28.0 Å². The summed E-state index contributed by atoms with van der Waals surface area (Å²) >= 11 is 0. The van der Waals surface area contributed by atoms with Crippen LogP contribution in [0.1, 0.15) is 27.8 Å². The molecule has 0 aliphatic carbocycles. The summed E-state index contributed by atoms with van der Waals surface area (Å²) in [6, 6.07) is 25.4. The quantitative estimate of drug-likeness (QED) is 0.271. The van der Waals surface area contributed by atoms with Gasteiger partial charge in [-0.3, -0.25) is 9.10 Å². The SMILES string of the molecule is Cc1ccc(S(=O)(=O)N(CC(=O)NCc2ccc(OCc3ccc(F)cc3)cc2)c2cc(C)ccc2C)cc1. The molecule has 0 aromatic heterocycles. The number of anilines is 1. The van der Waals surface area contributed by atoms with Gasteiger partial charge in [0.15, 0.2) is 0 Å². The summed E-state index contributed by atoms with van der Waals surface area (Å²) in [7, 11) is -3.99. The first-order chi connectivity index (χ1) is 18.6. The van der Waals surface area contributed by atoms with Gasteiger partial charge in [0.2, 0.25) is 5.91 Å². The van der Waals surface area contributed by atoms with E-state index in [1.54, 1.807) is 54.6 Å². The van der Waals surface area contributed by atoms with Crippen LogP contribution in [0, 0.1) is 26.6 Å². The molecule has 0 fully saturated rings. The number of nitrogens with zero attached hydrogens (tertiary/aromatic N) is 1. The molecule has 0 aliphatic heterocycles. The van der Waals surface area contributed by atoms with E-state index in [-0.39, 0.29) is 23.8 Å². The maximum Gasteiger partial charge on any atom is 0.264 e. The highest BCUT2D eigenvalue weighted by atomic mass is 32.2. The van der Waals surface area contributed by atoms with Gasteiger partial charge >= 0.3 is 0 Å². The summed E-state index contributed by atoms with van der Waals surface area (Å²) in [4.78, 5) is 13.1. The van der Waals surface area contributed by atoms with Crippen LogP contribution in [0.3, 0.4) is 0 Å². The van der Waals surface area contributed by atoms with Crippen LogP contribution in [-0.4, -0.2) is 20.9 Å². The molecule has 4 aromatic rings. The summed E-state index contributed by atoms with van der Waals surface area (Å²) < 4.78 is 47.3. The first-order valence-corrected chi connectivity index (χ1v) is 14.0. The highest BCUT2D eigenvalue weighted by molar-refractivity contribution is 7.92. The molecule has 0 bridgehead atoms. The Morgan fingerprint density at radius 1 is 0.821 bits per heavy atom. The Morgan fingerprint density at radius 2 is 1.44 bits per heavy atom. The van der Waals surface area contributed by atoms with E-state index in [2.05, 4.69) is 5.32 Å². The van der Waals surface area contributed by atoms with Crippen molar-refractivity contribution in [3.63, 3.8) is 0 Å². The molecular formula is C31H31FN2O4S. The van der Waals surface area contributed by atoms with Crippen LogP contribution < -0.4 is 14.4 Å². The van der Waals surface area contributed by atoms with E-state index in [1.807, 2.05) is 45.0 Å². The van der Waals surface area contributed by atoms with Gasteiger partial charge in [0, 0.05) is 6.54 Å². The van der Waals surface area contributed by atoms with Crippen LogP contribution >= 0.6 is 0 Å². The number of benzene rings is 4. The Bertz CT molecular complexity index is 1540. The Balaban J connectivity index is 1.43. The predicted octanol–water partition coefficient (Wildman–Crippen LogP) is 5.84. The van der Waals surface area contributed by atoms with Crippen LogP contribution in [0.2, 0.25) is 0 Å². The van der Waals surface area contributed by atoms with Gasteiger partial charge in [-0.05, 0) is 85.5 Å². The highest BCUT2D eigenvalue weighted by Gasteiger charge is 2.28. The van der Waals surface area contributed by atoms with E-state index in [4.69, 9.17) is 4.74 Å². The standard InChI is InChI=1S/C31H31FN2O4S/c1-22-5-16-29(17-6-22)39(36,37)34(30-18-23(2)4-7-24(30)3)20-31(35)33-19-25-10-14-28(15-11-25)38-21-26-8-12-27(32)13-9-26/h4-18H,19-21H2,1-3H3,(H,33,35). The van der Waals surface area contributed by atoms with Gasteiger partial charge in [-0.25, -0.2) is 12.8 Å². The van der Waals surface area contributed by atoms with E-state index < -0.39 is 15.9 Å². The van der Waals surface area contributed by atoms with Crippen LogP contribution in [0.4, 0.5) is 10.1 Å². The van der Waals surface area contributed by atoms with Gasteiger partial charge in [-0.1, -0.05) is 54.1 Å². The number of hydrogen-bond acceptors (Lipinski definition) is 4. The minimum Gasteiger partial charge on any atom is -0.489 e. The average Bonchev–Trinajstić information content (AvgIpc) is 2.92. The number of nitrogens with one attached hydrogen (secondary N) is 1. The van der Waals surface area contributed by atoms with Crippen molar-refractivity contribution in [3.05, 3.63) is 125 Å². The van der Waals surface area contributed by atoms with Crippen molar-refractivity contribution in [1.82, 2.24) is 5.32 Å². The van der Waals surface area contributed by atoms with Crippen molar-refractivity contribution >= 4 is 21.6 Å². The van der Waals surface area contributed by atoms with Crippen molar-refractivity contribution < 1.29 is 22.3 Å². The molecule has 1 N–H and O–H groups in total. The summed E-state index contributed by atoms with van der Waals surface area (Å²) in [5, 5.41) is 2.83. The summed E-state index contributed by atoms with van der Waals surface area (Å²) in [6.45, 7) is 5.76. The summed E-state index contributed by atoms with van der Waals surface area (Å²) in [5.74, 6) is -0.0852. The molecule has 0 heterocycles. The molecule has 0 saturated carbocycles. The number of amides is 1. The van der Waals surface area contributed by atoms with Crippen molar-refractivity contribution in [2.75, 3.05) is 10.8 Å². The lowest BCUT2D eigenvalue weighted by atomic mass is 10.1. The molecule has 0 atom stereocenters. The van der Waals surface area contributed by atoms with Gasteiger partial charge < -0.3 is 10.1 Å². The number of halogens is 1. The fraction of sp³-hybridized carbons (Fsp3) is 0.194. The number of rotatable bonds is 10. The van der Waals surface area contributed by atoms with E-state index in [0.717, 1.165) is 27.8 Å². The molecule has 0 saturated heterocycles. The van der Waals surface area contributed by atoms with E-state index >= 15 is 0 Å². The lowest BCUT2D eigenvalue weighted by molar-refractivity contribution is -0.119. The Labute approximate surface area is 229 Å². The van der Waals surface area contributed by atoms with Gasteiger partial charge in [-0.2, -0.15) is 0 Å². The lowest BCUT2D eigenvalue weighted by Crippen LogP contribution is -2.41. The van der Waals surface area contributed by atoms with Crippen molar-refractivity contribution in [1.29, 1.82) is 0 Å². The van der Waals surface area contributed by atoms with Gasteiger partial charge in [0.1, 0.15) is 24.7 Å². The molecule has 4 aromatic carbocycles. The molecule has 4 rings (SSSR count). The van der Waals surface area contributed by atoms with Crippen LogP contribution in [0.5, 0.6) is 5.75 Å². The molecule has 8 heteroatoms. The van der Waals surface area contributed by atoms with Gasteiger partial charge in [0.25, 0.3) is 10.0 Å². The minimum atomic E-state index is -3.99. The number of sulfonamides is 1. The summed E-state index contributed by atoms with van der Waals surface area (Å²) in [5.41, 5.74) is 4.73. The third-order valence-corrected chi connectivity index (χ3v) is 8.04. The maximum atomic E-state index is 13.6. The Morgan fingerprint density at radius 3 is 2.10 bits per heavy atom. The molecule has 0 aliphatic rings. The second-order valence-corrected chi connectivity index (χ2v) is 11.3. The predicted molar refractivity (Wildman–Crippen MR) is 151 cm³/mol. The second kappa shape index (κ2) is 12.1. The summed E-state index contributed by atoms with van der Waals surface area (Å²) in [6.07, 6.45) is 0. The zero-order valence-corrected chi connectivity index (χ0v) is 23.0. The molecule has 202 valence electrons. The first kappa shape index (κ1) is 27.9. The monoisotopic (exact) mass is 546 g/mol. The topological polar surface area (TPSA) is 75.7 Å². The number of aryl methyl sites for hydroxylation is 3. The van der Waals surface area contributed by atoms with Crippen LogP contribution in [0.25, 0.3) is 0 Å². The van der Waals surface area contributed by atoms with Gasteiger partial charge in [0.05, 0.1) is 10.6 Å². The Kier molecular flexibility index (Phi) is 8.66. The van der Waals surface area contributed by atoms with Gasteiger partial charge in [-0.15, -0.1) is 0 Å². The molecule has 39 heavy (non-hydrogen) atoms. The number of hydrogen-bond donors (Lipinski definition) is 1. The third-order valence-electron chi connectivity index (χ3n) is 6.26. The molecule has 0 spiro atoms. The fourth-order valence-electron chi connectivity index (χ4n) is 3.96. The van der Waals surface area contributed by atoms with E-state index in [9.17, 15) is 17.6 Å². The molecular weight excluding hydrogens is 515 g/mol. The highest BCUT2D eigenvalue weighted by Crippen LogP contribution is 2.28. The largest absolute Gasteiger partial charge is 0.489 e. The zero-order chi connectivity index (χ0) is 28.0. The minimum absolute atomic E-state index is 0.123. The molecule has 0 unspecified atom stereocenters. The Hall–Kier alpha value is -4.17. The van der Waals surface area contributed by atoms with Crippen molar-refractivity contribution in [3.8, 4) is 5.75 Å². The maximum absolute atomic E-state index is 13.6. The normalized spacial score (nSPS) is 11.2. The number of carbonyl (C=O) groups excluding carboxylic acids is 1. The van der Waals surface area contributed by atoms with E-state index in [1.165, 1.54) is 16.4 Å². The smallest absolute Gasteiger partial charge is 0.264 e. The number of carbonyl (C=O) groups is 1. The molecule has 0 radical (unpaired) electrons. The van der Waals surface area contributed by atoms with Crippen LogP contribution in [0.15, 0.2) is 95.9 Å². The first-order valence-electron chi connectivity index (χ1n) is 12.5.